The van der Waals surface area contributed by atoms with E-state index >= 15 is 0 Å². The summed E-state index contributed by atoms with van der Waals surface area (Å²) in [6.45, 7) is -1.84. The second-order valence-electron chi connectivity index (χ2n) is 8.21. The molecule has 0 radical (unpaired) electrons. The highest BCUT2D eigenvalue weighted by Gasteiger charge is 2.55. The van der Waals surface area contributed by atoms with Crippen molar-refractivity contribution in [1.29, 1.82) is 0 Å². The number of aliphatic carboxylic acids is 1. The van der Waals surface area contributed by atoms with Gasteiger partial charge >= 0.3 is 5.97 Å². The van der Waals surface area contributed by atoms with E-state index < -0.39 is 92.6 Å². The third kappa shape index (κ3) is 5.96. The highest BCUT2D eigenvalue weighted by Crippen LogP contribution is 2.33. The highest BCUT2D eigenvalue weighted by atomic mass is 16.8. The van der Waals surface area contributed by atoms with Crippen LogP contribution in [0.3, 0.4) is 0 Å². The van der Waals surface area contributed by atoms with Crippen LogP contribution >= 0.6 is 0 Å². The van der Waals surface area contributed by atoms with Gasteiger partial charge < -0.3 is 66.3 Å². The van der Waals surface area contributed by atoms with Crippen LogP contribution in [-0.4, -0.2) is 155 Å². The molecule has 0 bridgehead atoms. The Kier molecular flexibility index (Phi) is 10.3. The molecule has 2 saturated heterocycles. The van der Waals surface area contributed by atoms with Crippen LogP contribution in [0.1, 0.15) is 12.8 Å². The Balaban J connectivity index is 2.51. The van der Waals surface area contributed by atoms with Crippen molar-refractivity contribution in [2.45, 2.75) is 86.3 Å². The van der Waals surface area contributed by atoms with Gasteiger partial charge in [-0.2, -0.15) is 0 Å². The maximum atomic E-state index is 12.2. The molecule has 2 unspecified atom stereocenters. The normalized spacial score (nSPS) is 41.7. The molecule has 15 nitrogen and oxygen atoms in total. The molecule has 12 N–H and O–H groups in total. The highest BCUT2D eigenvalue weighted by molar-refractivity contribution is 5.73. The summed E-state index contributed by atoms with van der Waals surface area (Å²) >= 11 is 0. The number of hydrogen-bond donors (Lipinski definition) is 11. The lowest BCUT2D eigenvalue weighted by molar-refractivity contribution is -0.329. The lowest BCUT2D eigenvalue weighted by atomic mass is 9.97. The average Bonchev–Trinajstić information content (AvgIpc) is 2.79. The summed E-state index contributed by atoms with van der Waals surface area (Å²) in [5.74, 6) is -1.53. The zero-order valence-corrected chi connectivity index (χ0v) is 17.7. The number of carboxylic acid groups (broad SMARTS) is 1. The minimum absolute atomic E-state index is 0.154. The first-order valence-corrected chi connectivity index (χ1v) is 10.5. The molecule has 0 aromatic carbocycles. The third-order valence-corrected chi connectivity index (χ3v) is 6.01. The predicted octanol–water partition coefficient (Wildman–Crippen LogP) is -6.56. The molecular formula is C18H34N2O13. The Labute approximate surface area is 188 Å². The summed E-state index contributed by atoms with van der Waals surface area (Å²) in [6.07, 6.45) is -19.4. The Morgan fingerprint density at radius 3 is 1.55 bits per heavy atom. The predicted molar refractivity (Wildman–Crippen MR) is 105 cm³/mol. The zero-order chi connectivity index (χ0) is 25.0. The Bertz CT molecular complexity index is 590. The summed E-state index contributed by atoms with van der Waals surface area (Å²) < 4.78 is 10.9. The van der Waals surface area contributed by atoms with Crippen LogP contribution in [0, 0.1) is 0 Å². The van der Waals surface area contributed by atoms with E-state index in [1.54, 1.807) is 0 Å². The van der Waals surface area contributed by atoms with Crippen LogP contribution in [-0.2, 0) is 14.3 Å². The van der Waals surface area contributed by atoms with Crippen LogP contribution in [0.2, 0.25) is 0 Å². The number of carboxylic acids is 1. The lowest BCUT2D eigenvalue weighted by Crippen LogP contribution is -2.72. The maximum absolute atomic E-state index is 12.2. The van der Waals surface area contributed by atoms with Crippen LogP contribution in [0.25, 0.3) is 0 Å². The Hall–Kier alpha value is -1.05. The minimum Gasteiger partial charge on any atom is -0.480 e. The van der Waals surface area contributed by atoms with Gasteiger partial charge in [-0.1, -0.05) is 0 Å². The van der Waals surface area contributed by atoms with Crippen molar-refractivity contribution in [2.24, 2.45) is 5.73 Å². The fourth-order valence-corrected chi connectivity index (χ4v) is 4.02. The molecule has 0 aliphatic carbocycles. The summed E-state index contributed by atoms with van der Waals surface area (Å²) in [5, 5.41) is 100. The number of rotatable bonds is 10. The van der Waals surface area contributed by atoms with Gasteiger partial charge in [0, 0.05) is 6.54 Å². The van der Waals surface area contributed by atoms with Crippen LogP contribution in [0.4, 0.5) is 0 Å². The monoisotopic (exact) mass is 492 g/mol. The summed E-state index contributed by atoms with van der Waals surface area (Å²) in [7, 11) is 0. The topological polar surface area (TPSA) is 267 Å². The van der Waals surface area contributed by atoms with E-state index in [9.17, 15) is 55.9 Å². The molecule has 2 rings (SSSR count). The van der Waals surface area contributed by atoms with Crippen molar-refractivity contribution < 1.29 is 65.3 Å². The molecule has 2 fully saturated rings. The van der Waals surface area contributed by atoms with Crippen LogP contribution in [0.15, 0.2) is 0 Å². The molecule has 194 valence electrons. The molecule has 0 amide bonds. The largest absolute Gasteiger partial charge is 0.480 e. The second kappa shape index (κ2) is 12.1. The molecule has 0 aromatic heterocycles. The van der Waals surface area contributed by atoms with Crippen molar-refractivity contribution in [2.75, 3.05) is 19.8 Å². The maximum Gasteiger partial charge on any atom is 0.321 e. The van der Waals surface area contributed by atoms with Crippen molar-refractivity contribution in [3.05, 3.63) is 0 Å². The van der Waals surface area contributed by atoms with Gasteiger partial charge in [-0.15, -0.1) is 0 Å². The number of nitrogens with zero attached hydrogens (tertiary/aromatic N) is 1. The molecule has 12 atom stereocenters. The van der Waals surface area contributed by atoms with Gasteiger partial charge in [0.15, 0.2) is 0 Å². The van der Waals surface area contributed by atoms with Gasteiger partial charge in [-0.3, -0.25) is 4.79 Å². The first-order valence-electron chi connectivity index (χ1n) is 10.5. The van der Waals surface area contributed by atoms with Crippen molar-refractivity contribution in [1.82, 2.24) is 4.90 Å². The van der Waals surface area contributed by atoms with Crippen molar-refractivity contribution in [3.8, 4) is 0 Å². The first kappa shape index (κ1) is 28.2. The molecule has 2 aliphatic heterocycles. The van der Waals surface area contributed by atoms with Gasteiger partial charge in [0.05, 0.1) is 19.3 Å². The van der Waals surface area contributed by atoms with Crippen molar-refractivity contribution >= 4 is 5.97 Å². The molecule has 0 aromatic rings. The molecular weight excluding hydrogens is 458 g/mol. The molecule has 33 heavy (non-hydrogen) atoms. The van der Waals surface area contributed by atoms with Gasteiger partial charge in [0.25, 0.3) is 0 Å². The van der Waals surface area contributed by atoms with Gasteiger partial charge in [-0.05, 0) is 12.8 Å². The van der Waals surface area contributed by atoms with Crippen LogP contribution < -0.4 is 5.73 Å². The quantitative estimate of drug-likeness (QED) is 0.127. The molecule has 0 saturated carbocycles. The van der Waals surface area contributed by atoms with Gasteiger partial charge in [0.1, 0.15) is 67.3 Å². The lowest BCUT2D eigenvalue weighted by Gasteiger charge is -2.52. The van der Waals surface area contributed by atoms with Crippen molar-refractivity contribution in [3.63, 3.8) is 0 Å². The summed E-state index contributed by atoms with van der Waals surface area (Å²) in [6, 6.07) is -1.69. The smallest absolute Gasteiger partial charge is 0.321 e. The van der Waals surface area contributed by atoms with E-state index in [1.165, 1.54) is 0 Å². The molecule has 15 heteroatoms. The molecule has 2 aliphatic rings. The summed E-state index contributed by atoms with van der Waals surface area (Å²) in [4.78, 5) is 12.9. The number of carbonyl (C=O) groups is 1. The van der Waals surface area contributed by atoms with E-state index in [2.05, 4.69) is 0 Å². The first-order chi connectivity index (χ1) is 15.5. The second-order valence-corrected chi connectivity index (χ2v) is 8.21. The van der Waals surface area contributed by atoms with E-state index in [0.717, 1.165) is 4.90 Å². The Morgan fingerprint density at radius 2 is 1.21 bits per heavy atom. The fraction of sp³-hybridized carbons (Fsp3) is 0.944. The molecule has 2 heterocycles. The van der Waals surface area contributed by atoms with Crippen LogP contribution in [0.5, 0.6) is 0 Å². The number of hydrogen-bond acceptors (Lipinski definition) is 14. The minimum atomic E-state index is -1.98. The number of nitrogens with two attached hydrogens (primary N) is 1. The van der Waals surface area contributed by atoms with E-state index in [1.807, 2.05) is 0 Å². The Morgan fingerprint density at radius 1 is 0.788 bits per heavy atom. The fourth-order valence-electron chi connectivity index (χ4n) is 4.02. The molecule has 0 spiro atoms. The average molecular weight is 492 g/mol. The van der Waals surface area contributed by atoms with Gasteiger partial charge in [-0.25, -0.2) is 4.90 Å². The standard InChI is InChI=1S/C18H34N2O13/c19-3-6(23)1-2-7(18(30)31)20(16-14(28)12(26)10(24)8(4-21)32-16)17-15(29)13(27)11(25)9(5-22)33-17/h6-17,21-29H,1-5,19H2,(H,30,31)/t6-,7+,8-,9-,10-,11+,12+,13+,14-,15-,16?,17?/m1/s1/i4+1,8+1,10+1,12+1,14+1,16+1. The van der Waals surface area contributed by atoms with Gasteiger partial charge in [0.2, 0.25) is 0 Å². The van der Waals surface area contributed by atoms with E-state index in [4.69, 9.17) is 15.2 Å². The number of ether oxygens (including phenoxy) is 2. The van der Waals surface area contributed by atoms with E-state index in [0.29, 0.717) is 0 Å². The van der Waals surface area contributed by atoms with E-state index in [-0.39, 0.29) is 19.4 Å². The SMILES string of the molecule is NC[C@H](O)CC[C@@H](C(=O)O)N(C1O[C@H](CO)[C@H](O)[C@H](O)[C@H]1O)[13CH]1O[13C@H]([13CH2]O)[13C@@H](O)[13C@H](O)[13C@H]1O. The third-order valence-electron chi connectivity index (χ3n) is 6.01. The summed E-state index contributed by atoms with van der Waals surface area (Å²) in [5.41, 5.74) is 5.36. The zero-order valence-electron chi connectivity index (χ0n) is 17.7. The number of aliphatic hydroxyl groups is 9. The number of aliphatic hydroxyl groups excluding tert-OH is 9.